The molecular formula is C12H14N2O2. The number of rotatable bonds is 1. The van der Waals surface area contributed by atoms with Gasteiger partial charge in [-0.3, -0.25) is 4.79 Å². The predicted molar refractivity (Wildman–Crippen MR) is 60.5 cm³/mol. The van der Waals surface area contributed by atoms with Crippen LogP contribution in [0, 0.1) is 0 Å². The Balaban J connectivity index is 1.91. The van der Waals surface area contributed by atoms with Crippen molar-refractivity contribution in [2.45, 2.75) is 18.9 Å². The van der Waals surface area contributed by atoms with Crippen molar-refractivity contribution in [2.75, 3.05) is 18.5 Å². The van der Waals surface area contributed by atoms with Crippen molar-refractivity contribution in [1.29, 1.82) is 0 Å². The predicted octanol–water partition coefficient (Wildman–Crippen LogP) is 1.44. The lowest BCUT2D eigenvalue weighted by Gasteiger charge is -2.20. The molecule has 2 aliphatic rings. The van der Waals surface area contributed by atoms with Crippen LogP contribution in [-0.2, 0) is 4.79 Å². The van der Waals surface area contributed by atoms with Crippen LogP contribution in [0.4, 0.5) is 5.69 Å². The lowest BCUT2D eigenvalue weighted by molar-refractivity contribution is -0.118. The summed E-state index contributed by atoms with van der Waals surface area (Å²) in [6.45, 7) is 1.19. The van der Waals surface area contributed by atoms with Gasteiger partial charge in [0, 0.05) is 6.04 Å². The van der Waals surface area contributed by atoms with Crippen LogP contribution < -0.4 is 15.4 Å². The molecule has 4 nitrogen and oxygen atoms in total. The van der Waals surface area contributed by atoms with Crippen molar-refractivity contribution in [2.24, 2.45) is 0 Å². The second-order valence-corrected chi connectivity index (χ2v) is 4.24. The molecule has 0 aromatic heterocycles. The average Bonchev–Trinajstić information content (AvgIpc) is 2.81. The molecule has 2 heterocycles. The van der Waals surface area contributed by atoms with Gasteiger partial charge in [-0.15, -0.1) is 0 Å². The SMILES string of the molecule is O=C1COc2ccc([C@H]3CCCN3)cc2N1. The highest BCUT2D eigenvalue weighted by molar-refractivity contribution is 5.95. The van der Waals surface area contributed by atoms with E-state index in [0.717, 1.165) is 24.4 Å². The molecular weight excluding hydrogens is 204 g/mol. The average molecular weight is 218 g/mol. The molecule has 1 atom stereocenters. The minimum Gasteiger partial charge on any atom is -0.482 e. The molecule has 0 saturated carbocycles. The summed E-state index contributed by atoms with van der Waals surface area (Å²) in [7, 11) is 0. The summed E-state index contributed by atoms with van der Waals surface area (Å²) < 4.78 is 5.32. The number of hydrogen-bond donors (Lipinski definition) is 2. The number of fused-ring (bicyclic) bond motifs is 1. The Kier molecular flexibility index (Phi) is 2.29. The Morgan fingerprint density at radius 3 is 3.12 bits per heavy atom. The van der Waals surface area contributed by atoms with Crippen LogP contribution in [0.1, 0.15) is 24.4 Å². The summed E-state index contributed by atoms with van der Waals surface area (Å²) in [6, 6.07) is 6.43. The lowest BCUT2D eigenvalue weighted by Crippen LogP contribution is -2.25. The van der Waals surface area contributed by atoms with Gasteiger partial charge < -0.3 is 15.4 Å². The number of carbonyl (C=O) groups excluding carboxylic acids is 1. The van der Waals surface area contributed by atoms with Crippen LogP contribution in [0.25, 0.3) is 0 Å². The first kappa shape index (κ1) is 9.66. The zero-order valence-electron chi connectivity index (χ0n) is 8.95. The van der Waals surface area contributed by atoms with Gasteiger partial charge in [-0.1, -0.05) is 6.07 Å². The highest BCUT2D eigenvalue weighted by atomic mass is 16.5. The van der Waals surface area contributed by atoms with E-state index in [0.29, 0.717) is 6.04 Å². The van der Waals surface area contributed by atoms with Gasteiger partial charge in [0.15, 0.2) is 6.61 Å². The van der Waals surface area contributed by atoms with Gasteiger partial charge in [-0.2, -0.15) is 0 Å². The third kappa shape index (κ3) is 1.65. The largest absolute Gasteiger partial charge is 0.482 e. The summed E-state index contributed by atoms with van der Waals surface area (Å²) in [5.41, 5.74) is 2.02. The molecule has 1 aromatic carbocycles. The first-order valence-corrected chi connectivity index (χ1v) is 5.63. The molecule has 84 valence electrons. The molecule has 2 N–H and O–H groups in total. The fourth-order valence-corrected chi connectivity index (χ4v) is 2.29. The Hall–Kier alpha value is -1.55. The molecule has 0 aliphatic carbocycles. The Morgan fingerprint density at radius 2 is 2.31 bits per heavy atom. The van der Waals surface area contributed by atoms with Crippen molar-refractivity contribution >= 4 is 11.6 Å². The highest BCUT2D eigenvalue weighted by Gasteiger charge is 2.20. The van der Waals surface area contributed by atoms with E-state index in [1.165, 1.54) is 12.0 Å². The maximum atomic E-state index is 11.2. The van der Waals surface area contributed by atoms with Crippen molar-refractivity contribution in [1.82, 2.24) is 5.32 Å². The summed E-state index contributed by atoms with van der Waals surface area (Å²) in [5, 5.41) is 6.27. The Bertz CT molecular complexity index is 425. The van der Waals surface area contributed by atoms with Gasteiger partial charge in [0.05, 0.1) is 5.69 Å². The third-order valence-corrected chi connectivity index (χ3v) is 3.10. The van der Waals surface area contributed by atoms with E-state index < -0.39 is 0 Å². The standard InChI is InChI=1S/C12H14N2O2/c15-12-7-16-11-4-3-8(6-10(11)14-12)9-2-1-5-13-9/h3-4,6,9,13H,1-2,5,7H2,(H,14,15)/t9-/m1/s1. The van der Waals surface area contributed by atoms with Crippen LogP contribution in [-0.4, -0.2) is 19.1 Å². The van der Waals surface area contributed by atoms with E-state index in [-0.39, 0.29) is 12.5 Å². The molecule has 16 heavy (non-hydrogen) atoms. The van der Waals surface area contributed by atoms with E-state index in [1.807, 2.05) is 12.1 Å². The molecule has 1 fully saturated rings. The van der Waals surface area contributed by atoms with E-state index in [2.05, 4.69) is 16.7 Å². The Morgan fingerprint density at radius 1 is 1.38 bits per heavy atom. The molecule has 0 bridgehead atoms. The summed E-state index contributed by atoms with van der Waals surface area (Å²) in [4.78, 5) is 11.2. The Labute approximate surface area is 94.0 Å². The lowest BCUT2D eigenvalue weighted by atomic mass is 10.0. The van der Waals surface area contributed by atoms with Gasteiger partial charge in [0.25, 0.3) is 5.91 Å². The normalized spacial score (nSPS) is 23.5. The monoisotopic (exact) mass is 218 g/mol. The minimum atomic E-state index is -0.0796. The number of amides is 1. The van der Waals surface area contributed by atoms with Crippen LogP contribution in [0.15, 0.2) is 18.2 Å². The van der Waals surface area contributed by atoms with Crippen LogP contribution >= 0.6 is 0 Å². The summed E-state index contributed by atoms with van der Waals surface area (Å²) >= 11 is 0. The molecule has 2 aliphatic heterocycles. The van der Waals surface area contributed by atoms with Crippen molar-refractivity contribution in [3.8, 4) is 5.75 Å². The number of nitrogens with one attached hydrogen (secondary N) is 2. The van der Waals surface area contributed by atoms with Crippen LogP contribution in [0.3, 0.4) is 0 Å². The van der Waals surface area contributed by atoms with Crippen molar-refractivity contribution in [3.05, 3.63) is 23.8 Å². The first-order chi connectivity index (χ1) is 7.83. The zero-order chi connectivity index (χ0) is 11.0. The van der Waals surface area contributed by atoms with Gasteiger partial charge in [-0.25, -0.2) is 0 Å². The molecule has 0 unspecified atom stereocenters. The van der Waals surface area contributed by atoms with Gasteiger partial charge >= 0.3 is 0 Å². The van der Waals surface area contributed by atoms with E-state index >= 15 is 0 Å². The maximum Gasteiger partial charge on any atom is 0.262 e. The number of ether oxygens (including phenoxy) is 1. The summed E-state index contributed by atoms with van der Waals surface area (Å²) in [6.07, 6.45) is 2.37. The van der Waals surface area contributed by atoms with Gasteiger partial charge in [0.2, 0.25) is 0 Å². The van der Waals surface area contributed by atoms with E-state index in [4.69, 9.17) is 4.74 Å². The quantitative estimate of drug-likeness (QED) is 0.750. The third-order valence-electron chi connectivity index (χ3n) is 3.10. The molecule has 0 radical (unpaired) electrons. The van der Waals surface area contributed by atoms with E-state index in [9.17, 15) is 4.79 Å². The first-order valence-electron chi connectivity index (χ1n) is 5.63. The van der Waals surface area contributed by atoms with Crippen LogP contribution in [0.2, 0.25) is 0 Å². The zero-order valence-corrected chi connectivity index (χ0v) is 8.95. The molecule has 1 aromatic rings. The topological polar surface area (TPSA) is 50.4 Å². The fraction of sp³-hybridized carbons (Fsp3) is 0.417. The van der Waals surface area contributed by atoms with Crippen LogP contribution in [0.5, 0.6) is 5.75 Å². The number of carbonyl (C=O) groups is 1. The minimum absolute atomic E-state index is 0.0796. The molecule has 1 amide bonds. The highest BCUT2D eigenvalue weighted by Crippen LogP contribution is 2.32. The summed E-state index contributed by atoms with van der Waals surface area (Å²) in [5.74, 6) is 0.686. The van der Waals surface area contributed by atoms with Crippen molar-refractivity contribution in [3.63, 3.8) is 0 Å². The van der Waals surface area contributed by atoms with E-state index in [1.54, 1.807) is 0 Å². The molecule has 4 heteroatoms. The van der Waals surface area contributed by atoms with Gasteiger partial charge in [0.1, 0.15) is 5.75 Å². The second-order valence-electron chi connectivity index (χ2n) is 4.24. The second kappa shape index (κ2) is 3.79. The number of benzene rings is 1. The smallest absolute Gasteiger partial charge is 0.262 e. The number of anilines is 1. The van der Waals surface area contributed by atoms with Gasteiger partial charge in [-0.05, 0) is 37.1 Å². The fourth-order valence-electron chi connectivity index (χ4n) is 2.29. The molecule has 0 spiro atoms. The molecule has 3 rings (SSSR count). The number of hydrogen-bond acceptors (Lipinski definition) is 3. The van der Waals surface area contributed by atoms with Crippen molar-refractivity contribution < 1.29 is 9.53 Å². The maximum absolute atomic E-state index is 11.2. The molecule has 1 saturated heterocycles.